The van der Waals surface area contributed by atoms with Gasteiger partial charge >= 0.3 is 0 Å². The summed E-state index contributed by atoms with van der Waals surface area (Å²) in [5, 5.41) is 2.97. The fourth-order valence-corrected chi connectivity index (χ4v) is 3.60. The third-order valence-corrected chi connectivity index (χ3v) is 5.28. The molecule has 0 heterocycles. The lowest BCUT2D eigenvalue weighted by Crippen LogP contribution is -2.50. The largest absolute Gasteiger partial charge is 0.497 e. The van der Waals surface area contributed by atoms with Crippen molar-refractivity contribution in [1.29, 1.82) is 0 Å². The summed E-state index contributed by atoms with van der Waals surface area (Å²) in [5.41, 5.74) is 3.07. The van der Waals surface area contributed by atoms with E-state index in [0.29, 0.717) is 25.3 Å². The van der Waals surface area contributed by atoms with Gasteiger partial charge in [0.2, 0.25) is 5.91 Å². The van der Waals surface area contributed by atoms with Crippen molar-refractivity contribution in [2.24, 2.45) is 0 Å². The van der Waals surface area contributed by atoms with E-state index in [-0.39, 0.29) is 18.4 Å². The minimum Gasteiger partial charge on any atom is -0.497 e. The Morgan fingerprint density at radius 1 is 1.00 bits per heavy atom. The van der Waals surface area contributed by atoms with E-state index in [1.165, 1.54) is 0 Å². The molecule has 0 radical (unpaired) electrons. The zero-order chi connectivity index (χ0) is 23.5. The van der Waals surface area contributed by atoms with Gasteiger partial charge in [0.15, 0.2) is 6.61 Å². The molecule has 0 aliphatic heterocycles. The van der Waals surface area contributed by atoms with Crippen LogP contribution in [0, 0.1) is 13.8 Å². The van der Waals surface area contributed by atoms with Crippen LogP contribution in [0.2, 0.25) is 0 Å². The van der Waals surface area contributed by atoms with Crippen molar-refractivity contribution in [3.63, 3.8) is 0 Å². The highest BCUT2D eigenvalue weighted by atomic mass is 16.5. The quantitative estimate of drug-likeness (QED) is 0.496. The van der Waals surface area contributed by atoms with Crippen LogP contribution >= 0.6 is 0 Å². The van der Waals surface area contributed by atoms with Gasteiger partial charge in [0.05, 0.1) is 7.11 Å². The van der Waals surface area contributed by atoms with Crippen molar-refractivity contribution in [3.8, 4) is 11.5 Å². The average Bonchev–Trinajstić information content (AvgIpc) is 2.77. The number of benzene rings is 2. The summed E-state index contributed by atoms with van der Waals surface area (Å²) in [7, 11) is 1.61. The second kappa shape index (κ2) is 12.7. The molecule has 0 aliphatic carbocycles. The van der Waals surface area contributed by atoms with Crippen LogP contribution in [0.15, 0.2) is 42.5 Å². The monoisotopic (exact) mass is 440 g/mol. The minimum atomic E-state index is -0.565. The summed E-state index contributed by atoms with van der Waals surface area (Å²) in [6, 6.07) is 12.8. The first kappa shape index (κ1) is 25.2. The minimum absolute atomic E-state index is 0.127. The summed E-state index contributed by atoms with van der Waals surface area (Å²) in [6.45, 7) is 8.78. The fraction of sp³-hybridized carbons (Fsp3) is 0.462. The predicted molar refractivity (Wildman–Crippen MR) is 127 cm³/mol. The molecule has 6 heteroatoms. The molecule has 32 heavy (non-hydrogen) atoms. The number of ether oxygens (including phenoxy) is 2. The van der Waals surface area contributed by atoms with E-state index >= 15 is 0 Å². The Morgan fingerprint density at radius 2 is 1.66 bits per heavy atom. The number of aryl methyl sites for hydroxylation is 2. The van der Waals surface area contributed by atoms with Gasteiger partial charge in [0, 0.05) is 13.1 Å². The molecule has 0 saturated carbocycles. The second-order valence-electron chi connectivity index (χ2n) is 8.05. The van der Waals surface area contributed by atoms with Crippen molar-refractivity contribution >= 4 is 11.8 Å². The second-order valence-corrected chi connectivity index (χ2v) is 8.05. The van der Waals surface area contributed by atoms with E-state index in [1.54, 1.807) is 12.0 Å². The van der Waals surface area contributed by atoms with Crippen LogP contribution < -0.4 is 14.8 Å². The number of carbonyl (C=O) groups is 2. The maximum atomic E-state index is 13.2. The molecule has 0 bridgehead atoms. The number of hydrogen-bond donors (Lipinski definition) is 1. The van der Waals surface area contributed by atoms with Crippen LogP contribution in [0.4, 0.5) is 0 Å². The Balaban J connectivity index is 2.19. The van der Waals surface area contributed by atoms with Gasteiger partial charge in [-0.2, -0.15) is 0 Å². The first-order valence-electron chi connectivity index (χ1n) is 11.3. The lowest BCUT2D eigenvalue weighted by Gasteiger charge is -2.30. The molecule has 0 aromatic heterocycles. The number of amides is 2. The smallest absolute Gasteiger partial charge is 0.261 e. The van der Waals surface area contributed by atoms with E-state index in [1.807, 2.05) is 57.2 Å². The van der Waals surface area contributed by atoms with E-state index in [4.69, 9.17) is 9.47 Å². The highest BCUT2D eigenvalue weighted by molar-refractivity contribution is 5.88. The first-order valence-corrected chi connectivity index (χ1v) is 11.3. The first-order chi connectivity index (χ1) is 15.4. The lowest BCUT2D eigenvalue weighted by molar-refractivity contribution is -0.143. The summed E-state index contributed by atoms with van der Waals surface area (Å²) in [4.78, 5) is 27.7. The number of unbranched alkanes of at least 4 members (excludes halogenated alkanes) is 1. The van der Waals surface area contributed by atoms with Gasteiger partial charge in [-0.3, -0.25) is 9.59 Å². The molecule has 2 rings (SSSR count). The van der Waals surface area contributed by atoms with Crippen molar-refractivity contribution in [1.82, 2.24) is 10.2 Å². The molecule has 0 fully saturated rings. The number of nitrogens with zero attached hydrogens (tertiary/aromatic N) is 1. The fourth-order valence-electron chi connectivity index (χ4n) is 3.60. The third kappa shape index (κ3) is 7.59. The Hall–Kier alpha value is -3.02. The van der Waals surface area contributed by atoms with Crippen LogP contribution in [-0.2, 0) is 16.1 Å². The lowest BCUT2D eigenvalue weighted by atomic mass is 10.1. The van der Waals surface area contributed by atoms with Gasteiger partial charge in [-0.25, -0.2) is 0 Å². The number of methoxy groups -OCH3 is 1. The maximum Gasteiger partial charge on any atom is 0.261 e. The van der Waals surface area contributed by atoms with Gasteiger partial charge in [0.1, 0.15) is 17.5 Å². The van der Waals surface area contributed by atoms with Gasteiger partial charge in [0.25, 0.3) is 5.91 Å². The maximum absolute atomic E-state index is 13.2. The van der Waals surface area contributed by atoms with Gasteiger partial charge in [-0.1, -0.05) is 38.5 Å². The molecule has 6 nitrogen and oxygen atoms in total. The van der Waals surface area contributed by atoms with E-state index in [9.17, 15) is 9.59 Å². The van der Waals surface area contributed by atoms with Crippen LogP contribution in [0.25, 0.3) is 0 Å². The Labute approximate surface area is 191 Å². The molecule has 174 valence electrons. The van der Waals surface area contributed by atoms with Crippen LogP contribution in [0.5, 0.6) is 11.5 Å². The number of rotatable bonds is 12. The molecule has 0 spiro atoms. The van der Waals surface area contributed by atoms with Gasteiger partial charge in [-0.05, 0) is 67.6 Å². The summed E-state index contributed by atoms with van der Waals surface area (Å²) >= 11 is 0. The zero-order valence-corrected chi connectivity index (χ0v) is 19.9. The van der Waals surface area contributed by atoms with Crippen molar-refractivity contribution < 1.29 is 19.1 Å². The number of carbonyl (C=O) groups excluding carboxylic acids is 2. The van der Waals surface area contributed by atoms with Crippen LogP contribution in [0.3, 0.4) is 0 Å². The standard InChI is InChI=1S/C26H36N2O4/c1-6-8-13-27-26(30)24(7-2)28(17-21-9-11-22(31-5)12-10-21)25(29)18-32-23-15-19(3)14-20(4)16-23/h9-12,14-16,24H,6-8,13,17-18H2,1-5H3,(H,27,30)/t24-/m0/s1. The summed E-state index contributed by atoms with van der Waals surface area (Å²) in [5.74, 6) is 1.04. The number of hydrogen-bond acceptors (Lipinski definition) is 4. The Bertz CT molecular complexity index is 860. The van der Waals surface area contributed by atoms with Crippen LogP contribution in [0.1, 0.15) is 49.8 Å². The van der Waals surface area contributed by atoms with E-state index in [0.717, 1.165) is 35.3 Å². The molecule has 1 N–H and O–H groups in total. The highest BCUT2D eigenvalue weighted by Crippen LogP contribution is 2.19. The van der Waals surface area contributed by atoms with Gasteiger partial charge < -0.3 is 19.7 Å². The average molecular weight is 441 g/mol. The predicted octanol–water partition coefficient (Wildman–Crippen LogP) is 4.41. The molecular formula is C26H36N2O4. The van der Waals surface area contributed by atoms with E-state index in [2.05, 4.69) is 18.3 Å². The SMILES string of the molecule is CCCCNC(=O)[C@H](CC)N(Cc1ccc(OC)cc1)C(=O)COc1cc(C)cc(C)c1. The third-order valence-electron chi connectivity index (χ3n) is 5.28. The normalized spacial score (nSPS) is 11.5. The number of nitrogens with one attached hydrogen (secondary N) is 1. The molecule has 2 aromatic carbocycles. The van der Waals surface area contributed by atoms with Crippen LogP contribution in [-0.4, -0.2) is 43.0 Å². The molecule has 0 aliphatic rings. The highest BCUT2D eigenvalue weighted by Gasteiger charge is 2.28. The Morgan fingerprint density at radius 3 is 2.22 bits per heavy atom. The molecule has 0 saturated heterocycles. The molecule has 0 unspecified atom stereocenters. The molecule has 1 atom stereocenters. The van der Waals surface area contributed by atoms with Crippen molar-refractivity contribution in [3.05, 3.63) is 59.2 Å². The van der Waals surface area contributed by atoms with Gasteiger partial charge in [-0.15, -0.1) is 0 Å². The Kier molecular flexibility index (Phi) is 10.1. The topological polar surface area (TPSA) is 67.9 Å². The summed E-state index contributed by atoms with van der Waals surface area (Å²) in [6.07, 6.45) is 2.42. The van der Waals surface area contributed by atoms with E-state index < -0.39 is 6.04 Å². The molecular weight excluding hydrogens is 404 g/mol. The molecule has 2 aromatic rings. The molecule has 2 amide bonds. The van der Waals surface area contributed by atoms with Crippen molar-refractivity contribution in [2.45, 2.75) is 59.5 Å². The van der Waals surface area contributed by atoms with Crippen molar-refractivity contribution in [2.75, 3.05) is 20.3 Å². The summed E-state index contributed by atoms with van der Waals surface area (Å²) < 4.78 is 11.0. The zero-order valence-electron chi connectivity index (χ0n) is 19.9.